The number of aliphatic hydroxyl groups is 2. The maximum absolute atomic E-state index is 12.6. The van der Waals surface area contributed by atoms with Gasteiger partial charge in [-0.1, -0.05) is 49.5 Å². The summed E-state index contributed by atoms with van der Waals surface area (Å²) >= 11 is 0. The fourth-order valence-electron chi connectivity index (χ4n) is 3.72. The third-order valence-electron chi connectivity index (χ3n) is 5.67. The van der Waals surface area contributed by atoms with E-state index in [1.807, 2.05) is 0 Å². The van der Waals surface area contributed by atoms with Gasteiger partial charge in [0.2, 0.25) is 11.6 Å². The van der Waals surface area contributed by atoms with Crippen LogP contribution in [0.4, 0.5) is 5.82 Å². The molecule has 1 fully saturated rings. The van der Waals surface area contributed by atoms with Gasteiger partial charge in [0.15, 0.2) is 6.23 Å². The topological polar surface area (TPSA) is 189 Å². The normalized spacial score (nSPS) is 23.0. The predicted octanol–water partition coefficient (Wildman–Crippen LogP) is 2.27. The number of ether oxygens (including phenoxy) is 2. The van der Waals surface area contributed by atoms with E-state index in [1.54, 1.807) is 18.2 Å². The summed E-state index contributed by atoms with van der Waals surface area (Å²) in [5.74, 6) is -1.04. The Kier molecular flexibility index (Phi) is 9.14. The molecule has 0 aliphatic carbocycles. The Balaban J connectivity index is 1.72. The smallest absolute Gasteiger partial charge is 0.351 e. The van der Waals surface area contributed by atoms with Crippen LogP contribution >= 0.6 is 0 Å². The molecule has 0 bridgehead atoms. The van der Waals surface area contributed by atoms with Crippen LogP contribution in [-0.2, 0) is 14.3 Å². The number of esters is 1. The Hall–Kier alpha value is -3.77. The van der Waals surface area contributed by atoms with Crippen LogP contribution in [-0.4, -0.2) is 56.2 Å². The van der Waals surface area contributed by atoms with E-state index in [0.717, 1.165) is 23.8 Å². The molecule has 3 N–H and O–H groups in total. The van der Waals surface area contributed by atoms with Crippen molar-refractivity contribution < 1.29 is 29.3 Å². The molecule has 1 aromatic heterocycles. The number of nitrogens with one attached hydrogen (secondary N) is 1. The summed E-state index contributed by atoms with van der Waals surface area (Å²) in [5, 5.41) is 27.2. The summed E-state index contributed by atoms with van der Waals surface area (Å²) in [6.07, 6.45) is 0.128. The molecule has 2 heterocycles. The number of unbranched alkanes of at least 4 members (excludes halogenated alkanes) is 3. The summed E-state index contributed by atoms with van der Waals surface area (Å²) in [6, 6.07) is 9.29. The third kappa shape index (κ3) is 6.26. The molecular weight excluding hydrogens is 472 g/mol. The first-order chi connectivity index (χ1) is 17.3. The second-order valence-electron chi connectivity index (χ2n) is 8.28. The number of hydrogen-bond donors (Lipinski definition) is 3. The minimum Gasteiger partial charge on any atom is -0.459 e. The van der Waals surface area contributed by atoms with Crippen molar-refractivity contribution >= 4 is 17.7 Å². The number of azide groups is 1. The highest BCUT2D eigenvalue weighted by atomic mass is 16.6. The molecule has 2 aromatic rings. The summed E-state index contributed by atoms with van der Waals surface area (Å²) in [4.78, 5) is 43.4. The van der Waals surface area contributed by atoms with Crippen LogP contribution in [0.15, 0.2) is 52.5 Å². The molecule has 13 nitrogen and oxygen atoms in total. The van der Waals surface area contributed by atoms with E-state index in [9.17, 15) is 24.6 Å². The van der Waals surface area contributed by atoms with Gasteiger partial charge in [-0.2, -0.15) is 4.98 Å². The van der Waals surface area contributed by atoms with E-state index in [4.69, 9.17) is 15.0 Å². The standard InChI is InChI=1S/C23H28N6O7/c1-2-3-4-8-11-17(30)25-16-12-13-29(22(34)26-16)20-18(31)19(32)23(36-20,27-28-24)14-35-21(33)15-9-6-5-7-10-15/h5-7,9-10,12-13,18-20,31-32H,2-4,8,11,14H2,1H3,(H,25,26,30,34)/t18-,19+,20?,23-/m1/s1. The van der Waals surface area contributed by atoms with Crippen molar-refractivity contribution in [3.63, 3.8) is 0 Å². The van der Waals surface area contributed by atoms with Crippen LogP contribution in [0.5, 0.6) is 0 Å². The van der Waals surface area contributed by atoms with E-state index < -0.39 is 42.4 Å². The summed E-state index contributed by atoms with van der Waals surface area (Å²) in [5.41, 5.74) is 6.14. The first-order valence-electron chi connectivity index (χ1n) is 11.5. The first kappa shape index (κ1) is 26.8. The number of amides is 1. The molecule has 1 amide bonds. The highest BCUT2D eigenvalue weighted by molar-refractivity contribution is 5.89. The van der Waals surface area contributed by atoms with E-state index in [1.165, 1.54) is 24.4 Å². The van der Waals surface area contributed by atoms with Crippen molar-refractivity contribution in [2.45, 2.75) is 63.2 Å². The lowest BCUT2D eigenvalue weighted by atomic mass is 10.1. The van der Waals surface area contributed by atoms with Gasteiger partial charge in [0, 0.05) is 17.5 Å². The monoisotopic (exact) mass is 500 g/mol. The van der Waals surface area contributed by atoms with E-state index in [-0.39, 0.29) is 23.7 Å². The quantitative estimate of drug-likeness (QED) is 0.138. The highest BCUT2D eigenvalue weighted by Gasteiger charge is 2.56. The second-order valence-corrected chi connectivity index (χ2v) is 8.28. The number of rotatable bonds is 11. The van der Waals surface area contributed by atoms with Crippen molar-refractivity contribution in [2.75, 3.05) is 11.9 Å². The zero-order chi connectivity index (χ0) is 26.1. The lowest BCUT2D eigenvalue weighted by Crippen LogP contribution is -2.45. The average Bonchev–Trinajstić information content (AvgIpc) is 3.11. The second kappa shape index (κ2) is 12.3. The molecule has 1 aromatic carbocycles. The van der Waals surface area contributed by atoms with Gasteiger partial charge in [-0.05, 0) is 30.2 Å². The molecule has 1 aliphatic rings. The number of anilines is 1. The Morgan fingerprint density at radius 2 is 2.00 bits per heavy atom. The molecule has 36 heavy (non-hydrogen) atoms. The van der Waals surface area contributed by atoms with Gasteiger partial charge in [-0.15, -0.1) is 0 Å². The molecule has 1 saturated heterocycles. The van der Waals surface area contributed by atoms with E-state index >= 15 is 0 Å². The van der Waals surface area contributed by atoms with Crippen LogP contribution < -0.4 is 11.0 Å². The SMILES string of the molecule is CCCCCCC(=O)Nc1ccn(C2O[C@@](COC(=O)c3ccccc3)(N=[N+]=[N-])[C@@H](O)[C@H]2O)c(=O)n1. The van der Waals surface area contributed by atoms with Crippen LogP contribution in [0.25, 0.3) is 10.4 Å². The van der Waals surface area contributed by atoms with Crippen molar-refractivity contribution in [2.24, 2.45) is 5.11 Å². The number of carbonyl (C=O) groups excluding carboxylic acids is 2. The number of benzene rings is 1. The van der Waals surface area contributed by atoms with Gasteiger partial charge in [-0.25, -0.2) is 9.59 Å². The van der Waals surface area contributed by atoms with Crippen molar-refractivity contribution in [3.8, 4) is 0 Å². The minimum absolute atomic E-state index is 0.0166. The zero-order valence-electron chi connectivity index (χ0n) is 19.7. The molecule has 4 atom stereocenters. The van der Waals surface area contributed by atoms with Gasteiger partial charge in [0.05, 0.1) is 5.56 Å². The molecule has 1 unspecified atom stereocenters. The third-order valence-corrected chi connectivity index (χ3v) is 5.67. The molecule has 0 saturated carbocycles. The van der Waals surface area contributed by atoms with Crippen molar-refractivity contribution in [1.82, 2.24) is 9.55 Å². The number of carbonyl (C=O) groups is 2. The van der Waals surface area contributed by atoms with E-state index in [0.29, 0.717) is 6.42 Å². The fraction of sp³-hybridized carbons (Fsp3) is 0.478. The number of hydrogen-bond acceptors (Lipinski definition) is 9. The summed E-state index contributed by atoms with van der Waals surface area (Å²) in [6.45, 7) is 1.34. The Morgan fingerprint density at radius 1 is 1.25 bits per heavy atom. The van der Waals surface area contributed by atoms with Crippen molar-refractivity contribution in [1.29, 1.82) is 0 Å². The number of aliphatic hydroxyl groups excluding tert-OH is 2. The molecular formula is C23H28N6O7. The Labute approximate surface area is 206 Å². The maximum atomic E-state index is 12.6. The largest absolute Gasteiger partial charge is 0.459 e. The molecule has 1 aliphatic heterocycles. The van der Waals surface area contributed by atoms with Gasteiger partial charge < -0.3 is 25.0 Å². The lowest BCUT2D eigenvalue weighted by molar-refractivity contribution is -0.127. The van der Waals surface area contributed by atoms with Gasteiger partial charge in [0.1, 0.15) is 24.6 Å². The Morgan fingerprint density at radius 3 is 2.67 bits per heavy atom. The number of nitrogens with zero attached hydrogens (tertiary/aromatic N) is 5. The van der Waals surface area contributed by atoms with Crippen LogP contribution in [0.3, 0.4) is 0 Å². The minimum atomic E-state index is -2.20. The average molecular weight is 501 g/mol. The summed E-state index contributed by atoms with van der Waals surface area (Å²) in [7, 11) is 0. The van der Waals surface area contributed by atoms with Crippen LogP contribution in [0, 0.1) is 0 Å². The van der Waals surface area contributed by atoms with Crippen LogP contribution in [0.2, 0.25) is 0 Å². The van der Waals surface area contributed by atoms with E-state index in [2.05, 4.69) is 27.3 Å². The molecule has 0 spiro atoms. The van der Waals surface area contributed by atoms with Gasteiger partial charge in [0.25, 0.3) is 0 Å². The lowest BCUT2D eigenvalue weighted by Gasteiger charge is -2.26. The molecule has 192 valence electrons. The molecule has 3 rings (SSSR count). The van der Waals surface area contributed by atoms with Gasteiger partial charge >= 0.3 is 11.7 Å². The zero-order valence-corrected chi connectivity index (χ0v) is 19.7. The maximum Gasteiger partial charge on any atom is 0.351 e. The van der Waals surface area contributed by atoms with Gasteiger partial charge in [-0.3, -0.25) is 9.36 Å². The number of aromatic nitrogens is 2. The fourth-order valence-corrected chi connectivity index (χ4v) is 3.72. The van der Waals surface area contributed by atoms with Crippen molar-refractivity contribution in [3.05, 3.63) is 69.1 Å². The predicted molar refractivity (Wildman–Crippen MR) is 127 cm³/mol. The first-order valence-corrected chi connectivity index (χ1v) is 11.5. The highest BCUT2D eigenvalue weighted by Crippen LogP contribution is 2.38. The molecule has 13 heteroatoms. The summed E-state index contributed by atoms with van der Waals surface area (Å²) < 4.78 is 11.6. The Bertz CT molecular complexity index is 1170. The van der Waals surface area contributed by atoms with Crippen LogP contribution in [0.1, 0.15) is 55.6 Å². The molecule has 0 radical (unpaired) electrons.